The van der Waals surface area contributed by atoms with Crippen molar-refractivity contribution in [1.82, 2.24) is 15.1 Å². The van der Waals surface area contributed by atoms with Gasteiger partial charge in [0.15, 0.2) is 5.69 Å². The largest absolute Gasteiger partial charge is 0.341 e. The number of hydrogen-bond acceptors (Lipinski definition) is 5. The Morgan fingerprint density at radius 1 is 1.33 bits per heavy atom. The SMILES string of the molecule is CNC(=O)n1ccc(C(=O)Nc2cccc([N+](=O)[O-])c2)n1. The van der Waals surface area contributed by atoms with Crippen LogP contribution in [0.4, 0.5) is 16.2 Å². The molecule has 0 bridgehead atoms. The van der Waals surface area contributed by atoms with Crippen molar-refractivity contribution < 1.29 is 14.5 Å². The van der Waals surface area contributed by atoms with E-state index in [1.807, 2.05) is 0 Å². The molecule has 0 atom stereocenters. The molecule has 2 amide bonds. The van der Waals surface area contributed by atoms with Gasteiger partial charge in [0, 0.05) is 31.1 Å². The molecular formula is C12H11N5O4. The summed E-state index contributed by atoms with van der Waals surface area (Å²) in [6.07, 6.45) is 1.33. The van der Waals surface area contributed by atoms with Crippen molar-refractivity contribution >= 4 is 23.3 Å². The van der Waals surface area contributed by atoms with Gasteiger partial charge in [-0.25, -0.2) is 4.79 Å². The van der Waals surface area contributed by atoms with E-state index in [2.05, 4.69) is 15.7 Å². The fraction of sp³-hybridized carbons (Fsp3) is 0.0833. The van der Waals surface area contributed by atoms with Gasteiger partial charge in [-0.1, -0.05) is 6.07 Å². The van der Waals surface area contributed by atoms with Gasteiger partial charge in [-0.05, 0) is 12.1 Å². The predicted octanol–water partition coefficient (Wildman–Crippen LogP) is 1.23. The van der Waals surface area contributed by atoms with Gasteiger partial charge in [-0.15, -0.1) is 0 Å². The number of non-ortho nitro benzene ring substituents is 1. The number of aromatic nitrogens is 2. The number of carbonyl (C=O) groups excluding carboxylic acids is 2. The first-order valence-electron chi connectivity index (χ1n) is 5.85. The van der Waals surface area contributed by atoms with Crippen LogP contribution >= 0.6 is 0 Å². The number of nitro benzene ring substituents is 1. The van der Waals surface area contributed by atoms with Crippen molar-refractivity contribution in [3.63, 3.8) is 0 Å². The van der Waals surface area contributed by atoms with Crippen molar-refractivity contribution in [2.45, 2.75) is 0 Å². The lowest BCUT2D eigenvalue weighted by Gasteiger charge is -2.02. The van der Waals surface area contributed by atoms with E-state index in [1.165, 1.54) is 43.6 Å². The first-order chi connectivity index (χ1) is 10.0. The van der Waals surface area contributed by atoms with Crippen molar-refractivity contribution in [3.05, 3.63) is 52.3 Å². The number of nitro groups is 1. The zero-order chi connectivity index (χ0) is 15.4. The number of hydrogen-bond donors (Lipinski definition) is 2. The third-order valence-electron chi connectivity index (χ3n) is 2.56. The van der Waals surface area contributed by atoms with E-state index in [-0.39, 0.29) is 17.1 Å². The summed E-state index contributed by atoms with van der Waals surface area (Å²) < 4.78 is 0.975. The summed E-state index contributed by atoms with van der Waals surface area (Å²) in [6.45, 7) is 0. The highest BCUT2D eigenvalue weighted by Gasteiger charge is 2.13. The lowest BCUT2D eigenvalue weighted by molar-refractivity contribution is -0.384. The third kappa shape index (κ3) is 3.21. The molecule has 9 nitrogen and oxygen atoms in total. The summed E-state index contributed by atoms with van der Waals surface area (Å²) in [6, 6.07) is 6.40. The first-order valence-corrected chi connectivity index (χ1v) is 5.85. The molecule has 0 aliphatic heterocycles. The molecule has 0 fully saturated rings. The van der Waals surface area contributed by atoms with Crippen molar-refractivity contribution in [2.24, 2.45) is 0 Å². The molecular weight excluding hydrogens is 278 g/mol. The zero-order valence-corrected chi connectivity index (χ0v) is 10.9. The van der Waals surface area contributed by atoms with Crippen LogP contribution in [0.1, 0.15) is 10.5 Å². The van der Waals surface area contributed by atoms with Gasteiger partial charge in [0.05, 0.1) is 4.92 Å². The minimum absolute atomic E-state index is 0.0186. The minimum Gasteiger partial charge on any atom is -0.339 e. The van der Waals surface area contributed by atoms with E-state index >= 15 is 0 Å². The molecule has 1 heterocycles. The zero-order valence-electron chi connectivity index (χ0n) is 10.9. The lowest BCUT2D eigenvalue weighted by atomic mass is 10.2. The van der Waals surface area contributed by atoms with Crippen LogP contribution in [-0.4, -0.2) is 33.7 Å². The van der Waals surface area contributed by atoms with Crippen molar-refractivity contribution in [3.8, 4) is 0 Å². The molecule has 0 unspecified atom stereocenters. The second kappa shape index (κ2) is 5.82. The van der Waals surface area contributed by atoms with Crippen LogP contribution in [0.5, 0.6) is 0 Å². The van der Waals surface area contributed by atoms with Gasteiger partial charge < -0.3 is 10.6 Å². The highest BCUT2D eigenvalue weighted by molar-refractivity contribution is 6.03. The number of amides is 2. The maximum absolute atomic E-state index is 11.9. The second-order valence-electron chi connectivity index (χ2n) is 3.96. The molecule has 9 heteroatoms. The average Bonchev–Trinajstić information content (AvgIpc) is 2.96. The smallest absolute Gasteiger partial charge is 0.339 e. The highest BCUT2D eigenvalue weighted by atomic mass is 16.6. The summed E-state index contributed by atoms with van der Waals surface area (Å²) in [5.41, 5.74) is 0.150. The Morgan fingerprint density at radius 2 is 2.10 bits per heavy atom. The minimum atomic E-state index is -0.571. The van der Waals surface area contributed by atoms with Crippen molar-refractivity contribution in [2.75, 3.05) is 12.4 Å². The Balaban J connectivity index is 2.14. The van der Waals surface area contributed by atoms with E-state index in [9.17, 15) is 19.7 Å². The van der Waals surface area contributed by atoms with Crippen LogP contribution in [0, 0.1) is 10.1 Å². The topological polar surface area (TPSA) is 119 Å². The molecule has 2 aromatic rings. The Hall–Kier alpha value is -3.23. The molecule has 0 radical (unpaired) electrons. The van der Waals surface area contributed by atoms with E-state index < -0.39 is 16.9 Å². The number of anilines is 1. The fourth-order valence-corrected chi connectivity index (χ4v) is 1.57. The van der Waals surface area contributed by atoms with E-state index in [0.717, 1.165) is 4.68 Å². The van der Waals surface area contributed by atoms with Crippen LogP contribution in [-0.2, 0) is 0 Å². The van der Waals surface area contributed by atoms with Gasteiger partial charge in [-0.2, -0.15) is 9.78 Å². The van der Waals surface area contributed by atoms with Gasteiger partial charge in [-0.3, -0.25) is 14.9 Å². The standard InChI is InChI=1S/C12H11N5O4/c1-13-12(19)16-6-5-10(15-16)11(18)14-8-3-2-4-9(7-8)17(20)21/h2-7H,1H3,(H,13,19)(H,14,18). The van der Waals surface area contributed by atoms with Crippen LogP contribution in [0.25, 0.3) is 0 Å². The molecule has 108 valence electrons. The molecule has 2 N–H and O–H groups in total. The Bertz CT molecular complexity index is 709. The quantitative estimate of drug-likeness (QED) is 0.650. The van der Waals surface area contributed by atoms with E-state index in [4.69, 9.17) is 0 Å². The number of benzene rings is 1. The molecule has 0 saturated carbocycles. The fourth-order valence-electron chi connectivity index (χ4n) is 1.57. The number of rotatable bonds is 3. The first kappa shape index (κ1) is 14.2. The Kier molecular flexibility index (Phi) is 3.93. The molecule has 1 aromatic carbocycles. The number of nitrogens with zero attached hydrogens (tertiary/aromatic N) is 3. The molecule has 21 heavy (non-hydrogen) atoms. The summed E-state index contributed by atoms with van der Waals surface area (Å²) in [5.74, 6) is -0.571. The Morgan fingerprint density at radius 3 is 2.76 bits per heavy atom. The van der Waals surface area contributed by atoms with Crippen LogP contribution < -0.4 is 10.6 Å². The van der Waals surface area contributed by atoms with Crippen molar-refractivity contribution in [1.29, 1.82) is 0 Å². The Labute approximate surface area is 118 Å². The van der Waals surface area contributed by atoms with Gasteiger partial charge in [0.1, 0.15) is 0 Å². The van der Waals surface area contributed by atoms with Crippen LogP contribution in [0.15, 0.2) is 36.5 Å². The molecule has 1 aromatic heterocycles. The van der Waals surface area contributed by atoms with E-state index in [1.54, 1.807) is 0 Å². The third-order valence-corrected chi connectivity index (χ3v) is 2.56. The van der Waals surface area contributed by atoms with E-state index in [0.29, 0.717) is 0 Å². The number of nitrogens with one attached hydrogen (secondary N) is 2. The molecule has 0 spiro atoms. The lowest BCUT2D eigenvalue weighted by Crippen LogP contribution is -2.25. The van der Waals surface area contributed by atoms with Gasteiger partial charge in [0.2, 0.25) is 0 Å². The molecule has 0 aliphatic rings. The summed E-state index contributed by atoms with van der Waals surface area (Å²) >= 11 is 0. The summed E-state index contributed by atoms with van der Waals surface area (Å²) in [7, 11) is 1.44. The van der Waals surface area contributed by atoms with Gasteiger partial charge in [0.25, 0.3) is 11.6 Å². The summed E-state index contributed by atoms with van der Waals surface area (Å²) in [5, 5.41) is 19.3. The monoisotopic (exact) mass is 289 g/mol. The van der Waals surface area contributed by atoms with Crippen LogP contribution in [0.3, 0.4) is 0 Å². The van der Waals surface area contributed by atoms with Gasteiger partial charge >= 0.3 is 6.03 Å². The van der Waals surface area contributed by atoms with Crippen LogP contribution in [0.2, 0.25) is 0 Å². The normalized spacial score (nSPS) is 9.95. The summed E-state index contributed by atoms with van der Waals surface area (Å²) in [4.78, 5) is 33.3. The maximum Gasteiger partial charge on any atom is 0.341 e. The molecule has 2 rings (SSSR count). The molecule has 0 aliphatic carbocycles. The average molecular weight is 289 g/mol. The maximum atomic E-state index is 11.9. The highest BCUT2D eigenvalue weighted by Crippen LogP contribution is 2.17. The molecule has 0 saturated heterocycles. The predicted molar refractivity (Wildman–Crippen MR) is 73.1 cm³/mol. The number of carbonyl (C=O) groups is 2. The second-order valence-corrected chi connectivity index (χ2v) is 3.96.